The largest absolute Gasteiger partial charge is 0.364 e. The molecule has 0 aliphatic carbocycles. The Hall–Kier alpha value is -3.98. The second-order valence-electron chi connectivity index (χ2n) is 6.41. The molecule has 0 spiro atoms. The number of carbonyl (C=O) groups is 1. The van der Waals surface area contributed by atoms with Gasteiger partial charge in [0.15, 0.2) is 11.5 Å². The topological polar surface area (TPSA) is 96.2 Å². The summed E-state index contributed by atoms with van der Waals surface area (Å²) in [6.45, 7) is 0. The minimum Gasteiger partial charge on any atom is -0.364 e. The van der Waals surface area contributed by atoms with E-state index in [9.17, 15) is 9.18 Å². The number of hydrogen-bond donors (Lipinski definition) is 3. The van der Waals surface area contributed by atoms with Crippen LogP contribution in [0.2, 0.25) is 5.02 Å². The van der Waals surface area contributed by atoms with Crippen LogP contribution >= 0.6 is 11.6 Å². The number of nitrogens with zero attached hydrogens (tertiary/aromatic N) is 4. The van der Waals surface area contributed by atoms with Crippen molar-refractivity contribution in [3.63, 3.8) is 0 Å². The van der Waals surface area contributed by atoms with Gasteiger partial charge in [-0.25, -0.2) is 14.4 Å². The molecule has 1 aliphatic rings. The fourth-order valence-corrected chi connectivity index (χ4v) is 3.30. The van der Waals surface area contributed by atoms with Crippen molar-refractivity contribution in [1.29, 1.82) is 0 Å². The molecule has 5 rings (SSSR count). The smallest absolute Gasteiger partial charge is 0.273 e. The van der Waals surface area contributed by atoms with Crippen LogP contribution in [-0.4, -0.2) is 25.5 Å². The van der Waals surface area contributed by atoms with E-state index in [-0.39, 0.29) is 17.6 Å². The van der Waals surface area contributed by atoms with Crippen molar-refractivity contribution in [3.8, 4) is 11.4 Å². The SMILES string of the molecule is O=C1NC=CNC=C1Nc1nc2c(Cl)cccc2c2nc(-c3cccc(F)c3)nn12. The van der Waals surface area contributed by atoms with Crippen LogP contribution < -0.4 is 16.0 Å². The summed E-state index contributed by atoms with van der Waals surface area (Å²) in [7, 11) is 0. The third-order valence-electron chi connectivity index (χ3n) is 4.45. The van der Waals surface area contributed by atoms with E-state index < -0.39 is 5.82 Å². The molecule has 10 heteroatoms. The molecule has 2 aromatic heterocycles. The fourth-order valence-electron chi connectivity index (χ4n) is 3.08. The van der Waals surface area contributed by atoms with E-state index in [0.717, 1.165) is 0 Å². The van der Waals surface area contributed by atoms with Crippen LogP contribution in [0.15, 0.2) is 66.8 Å². The second kappa shape index (κ2) is 7.12. The first-order valence-corrected chi connectivity index (χ1v) is 9.28. The van der Waals surface area contributed by atoms with Crippen molar-refractivity contribution in [2.24, 2.45) is 0 Å². The molecular weight excluding hydrogens is 409 g/mol. The molecule has 2 aromatic carbocycles. The molecule has 0 fully saturated rings. The Morgan fingerprint density at radius 2 is 1.97 bits per heavy atom. The number of halogens is 2. The van der Waals surface area contributed by atoms with Gasteiger partial charge >= 0.3 is 0 Å². The summed E-state index contributed by atoms with van der Waals surface area (Å²) in [6.07, 6.45) is 4.54. The summed E-state index contributed by atoms with van der Waals surface area (Å²) in [4.78, 5) is 21.4. The molecule has 4 aromatic rings. The summed E-state index contributed by atoms with van der Waals surface area (Å²) in [6, 6.07) is 11.3. The maximum Gasteiger partial charge on any atom is 0.273 e. The Morgan fingerprint density at radius 3 is 2.83 bits per heavy atom. The third-order valence-corrected chi connectivity index (χ3v) is 4.75. The van der Waals surface area contributed by atoms with Crippen LogP contribution in [0.5, 0.6) is 0 Å². The van der Waals surface area contributed by atoms with E-state index in [0.29, 0.717) is 33.0 Å². The number of carbonyl (C=O) groups excluding carboxylic acids is 1. The van der Waals surface area contributed by atoms with E-state index in [4.69, 9.17) is 11.6 Å². The summed E-state index contributed by atoms with van der Waals surface area (Å²) in [5, 5.41) is 14.0. The zero-order valence-corrected chi connectivity index (χ0v) is 16.0. The molecule has 3 heterocycles. The first-order chi connectivity index (χ1) is 14.6. The molecule has 0 saturated heterocycles. The zero-order valence-electron chi connectivity index (χ0n) is 15.2. The fraction of sp³-hybridized carbons (Fsp3) is 0. The standard InChI is InChI=1S/C20H13ClFN7O/c21-14-6-2-5-13-16(14)26-20(25-15-10-23-7-8-24-19(15)30)29-18(13)27-17(28-29)11-3-1-4-12(22)9-11/h1-10,23H,(H,24,30)(H,25,26). The van der Waals surface area contributed by atoms with Crippen molar-refractivity contribution in [3.05, 3.63) is 77.6 Å². The van der Waals surface area contributed by atoms with Crippen LogP contribution in [0.3, 0.4) is 0 Å². The highest BCUT2D eigenvalue weighted by atomic mass is 35.5. The van der Waals surface area contributed by atoms with Gasteiger partial charge < -0.3 is 16.0 Å². The lowest BCUT2D eigenvalue weighted by atomic mass is 10.2. The lowest BCUT2D eigenvalue weighted by molar-refractivity contribution is -0.116. The average Bonchev–Trinajstić information content (AvgIpc) is 3.09. The van der Waals surface area contributed by atoms with Crippen LogP contribution in [0.25, 0.3) is 27.9 Å². The predicted octanol–water partition coefficient (Wildman–Crippen LogP) is 3.18. The van der Waals surface area contributed by atoms with Crippen LogP contribution in [0.1, 0.15) is 0 Å². The zero-order chi connectivity index (χ0) is 20.7. The van der Waals surface area contributed by atoms with Gasteiger partial charge in [0.25, 0.3) is 5.91 Å². The highest BCUT2D eigenvalue weighted by Gasteiger charge is 2.19. The second-order valence-corrected chi connectivity index (χ2v) is 6.82. The number of hydrogen-bond acceptors (Lipinski definition) is 6. The normalized spacial score (nSPS) is 13.7. The summed E-state index contributed by atoms with van der Waals surface area (Å²) in [5.41, 5.74) is 1.68. The molecule has 1 amide bonds. The quantitative estimate of drug-likeness (QED) is 0.470. The Labute approximate surface area is 174 Å². The number of aromatic nitrogens is 4. The number of fused-ring (bicyclic) bond motifs is 3. The molecule has 0 bridgehead atoms. The molecule has 148 valence electrons. The summed E-state index contributed by atoms with van der Waals surface area (Å²) < 4.78 is 15.2. The van der Waals surface area contributed by atoms with Crippen molar-refractivity contribution < 1.29 is 9.18 Å². The predicted molar refractivity (Wildman–Crippen MR) is 111 cm³/mol. The van der Waals surface area contributed by atoms with Gasteiger partial charge in [0.2, 0.25) is 5.95 Å². The van der Waals surface area contributed by atoms with E-state index >= 15 is 0 Å². The van der Waals surface area contributed by atoms with Gasteiger partial charge in [0.05, 0.1) is 10.5 Å². The van der Waals surface area contributed by atoms with E-state index in [2.05, 4.69) is 31.0 Å². The van der Waals surface area contributed by atoms with Gasteiger partial charge in [-0.05, 0) is 24.3 Å². The van der Waals surface area contributed by atoms with Crippen LogP contribution in [-0.2, 0) is 4.79 Å². The van der Waals surface area contributed by atoms with Gasteiger partial charge in [-0.2, -0.15) is 4.52 Å². The Balaban J connectivity index is 1.73. The summed E-state index contributed by atoms with van der Waals surface area (Å²) >= 11 is 6.36. The molecule has 8 nitrogen and oxygen atoms in total. The summed E-state index contributed by atoms with van der Waals surface area (Å²) in [5.74, 6) is -0.220. The van der Waals surface area contributed by atoms with Crippen LogP contribution in [0, 0.1) is 5.82 Å². The van der Waals surface area contributed by atoms with Crippen molar-refractivity contribution in [2.45, 2.75) is 0 Å². The molecule has 30 heavy (non-hydrogen) atoms. The maximum absolute atomic E-state index is 13.7. The van der Waals surface area contributed by atoms with Gasteiger partial charge in [-0.15, -0.1) is 5.10 Å². The van der Waals surface area contributed by atoms with Crippen LogP contribution in [0.4, 0.5) is 10.3 Å². The molecule has 3 N–H and O–H groups in total. The van der Waals surface area contributed by atoms with Gasteiger partial charge in [0.1, 0.15) is 11.5 Å². The number of para-hydroxylation sites is 1. The third kappa shape index (κ3) is 3.11. The molecule has 0 unspecified atom stereocenters. The minimum absolute atomic E-state index is 0.211. The first-order valence-electron chi connectivity index (χ1n) is 8.90. The number of nitrogens with one attached hydrogen (secondary N) is 3. The Kier molecular flexibility index (Phi) is 4.29. The van der Waals surface area contributed by atoms with E-state index in [1.807, 2.05) is 6.07 Å². The number of benzene rings is 2. The van der Waals surface area contributed by atoms with Gasteiger partial charge in [-0.1, -0.05) is 29.8 Å². The van der Waals surface area contributed by atoms with Crippen molar-refractivity contribution in [2.75, 3.05) is 5.32 Å². The van der Waals surface area contributed by atoms with E-state index in [1.54, 1.807) is 30.5 Å². The molecular formula is C20H13ClFN7O. The highest BCUT2D eigenvalue weighted by Crippen LogP contribution is 2.29. The highest BCUT2D eigenvalue weighted by molar-refractivity contribution is 6.35. The molecule has 0 atom stereocenters. The maximum atomic E-state index is 13.7. The number of rotatable bonds is 3. The average molecular weight is 422 g/mol. The Morgan fingerprint density at radius 1 is 1.10 bits per heavy atom. The minimum atomic E-state index is -0.394. The monoisotopic (exact) mass is 421 g/mol. The number of amides is 1. The Bertz CT molecular complexity index is 1380. The van der Waals surface area contributed by atoms with Crippen molar-refractivity contribution in [1.82, 2.24) is 30.2 Å². The molecule has 0 radical (unpaired) electrons. The van der Waals surface area contributed by atoms with Gasteiger partial charge in [-0.3, -0.25) is 4.79 Å². The van der Waals surface area contributed by atoms with E-state index in [1.165, 1.54) is 29.0 Å². The molecule has 0 saturated carbocycles. The lowest BCUT2D eigenvalue weighted by Gasteiger charge is -2.11. The first kappa shape index (κ1) is 18.1. The number of anilines is 1. The van der Waals surface area contributed by atoms with Crippen molar-refractivity contribution >= 4 is 40.0 Å². The van der Waals surface area contributed by atoms with Gasteiger partial charge in [0, 0.05) is 29.5 Å². The lowest BCUT2D eigenvalue weighted by Crippen LogP contribution is -2.24. The molecule has 1 aliphatic heterocycles.